The maximum Gasteiger partial charge on any atom is 0.328 e. The van der Waals surface area contributed by atoms with E-state index in [1.807, 2.05) is 24.3 Å². The van der Waals surface area contributed by atoms with Crippen LogP contribution in [0.25, 0.3) is 15.8 Å². The second-order valence-electron chi connectivity index (χ2n) is 9.70. The number of nitrogens with two attached hydrogens (primary N) is 1. The van der Waals surface area contributed by atoms with Crippen LogP contribution in [0.5, 0.6) is 0 Å². The molecule has 1 aliphatic rings. The largest absolute Gasteiger partial charge is 0.328 e. The maximum atomic E-state index is 13.7. The SMILES string of the molecule is CN=NC(=NN)NC(=O)c1ccc(CN(C(=O)Nc2nc3cc(Cl)cc(Cl)c3s2)c2ccc(C3=CCCCC3)cc2)cc1. The van der Waals surface area contributed by atoms with Gasteiger partial charge in [-0.25, -0.2) is 9.78 Å². The first-order valence-electron chi connectivity index (χ1n) is 13.5. The van der Waals surface area contributed by atoms with Crippen LogP contribution in [0.2, 0.25) is 10.0 Å². The molecule has 0 aliphatic heterocycles. The molecule has 0 unspecified atom stereocenters. The standard InChI is InChI=1S/C30H28Cl2N8O2S/c1-34-39-28(38-33)36-27(41)21-9-7-18(8-10-21)17-40(23-13-11-20(12-14-23)19-5-3-2-4-6-19)30(42)37-29-35-25-16-22(31)15-24(32)26(25)43-29/h5,7-16H,2-4,6,17,33H2,1H3,(H,35,37,42)(H,36,38,41). The number of aromatic nitrogens is 1. The Morgan fingerprint density at radius 1 is 1.07 bits per heavy atom. The van der Waals surface area contributed by atoms with Crippen LogP contribution < -0.4 is 21.4 Å². The van der Waals surface area contributed by atoms with E-state index in [4.69, 9.17) is 29.0 Å². The minimum Gasteiger partial charge on any atom is -0.320 e. The lowest BCUT2D eigenvalue weighted by molar-refractivity contribution is 0.0976. The van der Waals surface area contributed by atoms with Gasteiger partial charge in [0.1, 0.15) is 0 Å². The highest BCUT2D eigenvalue weighted by Crippen LogP contribution is 2.35. The number of hydrogen-bond acceptors (Lipinski definition) is 7. The molecule has 13 heteroatoms. The lowest BCUT2D eigenvalue weighted by atomic mass is 9.93. The first-order valence-corrected chi connectivity index (χ1v) is 15.0. The third-order valence-electron chi connectivity index (χ3n) is 6.81. The number of allylic oxidation sites excluding steroid dienone is 2. The second-order valence-corrected chi connectivity index (χ2v) is 11.5. The van der Waals surface area contributed by atoms with Crippen molar-refractivity contribution in [2.45, 2.75) is 32.2 Å². The van der Waals surface area contributed by atoms with E-state index in [0.717, 1.165) is 28.7 Å². The van der Waals surface area contributed by atoms with Crippen LogP contribution in [-0.2, 0) is 6.54 Å². The van der Waals surface area contributed by atoms with E-state index in [-0.39, 0.29) is 18.5 Å². The van der Waals surface area contributed by atoms with Crippen molar-refractivity contribution in [1.29, 1.82) is 0 Å². The van der Waals surface area contributed by atoms with Crippen LogP contribution >= 0.6 is 34.5 Å². The highest BCUT2D eigenvalue weighted by molar-refractivity contribution is 7.23. The minimum absolute atomic E-state index is 0.106. The molecule has 0 saturated heterocycles. The third-order valence-corrected chi connectivity index (χ3v) is 8.46. The monoisotopic (exact) mass is 634 g/mol. The van der Waals surface area contributed by atoms with E-state index in [0.29, 0.717) is 31.9 Å². The summed E-state index contributed by atoms with van der Waals surface area (Å²) in [6, 6.07) is 17.8. The van der Waals surface area contributed by atoms with Crippen molar-refractivity contribution in [3.63, 3.8) is 0 Å². The Kier molecular flexibility index (Phi) is 9.65. The average molecular weight is 636 g/mol. The second kappa shape index (κ2) is 13.8. The van der Waals surface area contributed by atoms with E-state index in [1.165, 1.54) is 36.8 Å². The molecule has 1 heterocycles. The van der Waals surface area contributed by atoms with Crippen LogP contribution in [-0.4, -0.2) is 29.9 Å². The fourth-order valence-corrected chi connectivity index (χ4v) is 6.14. The summed E-state index contributed by atoms with van der Waals surface area (Å²) in [5.74, 6) is 4.70. The Labute approximate surface area is 262 Å². The van der Waals surface area contributed by atoms with Gasteiger partial charge in [0.15, 0.2) is 5.13 Å². The molecule has 0 spiro atoms. The van der Waals surface area contributed by atoms with Crippen molar-refractivity contribution in [2.75, 3.05) is 17.3 Å². The number of halogens is 2. The molecule has 10 nitrogen and oxygen atoms in total. The van der Waals surface area contributed by atoms with Gasteiger partial charge in [0.2, 0.25) is 0 Å². The lowest BCUT2D eigenvalue weighted by Crippen LogP contribution is -2.34. The zero-order chi connectivity index (χ0) is 30.3. The number of benzene rings is 3. The normalized spacial score (nSPS) is 13.7. The molecule has 0 bridgehead atoms. The van der Waals surface area contributed by atoms with Crippen molar-refractivity contribution in [3.05, 3.63) is 93.5 Å². The van der Waals surface area contributed by atoms with Gasteiger partial charge in [-0.15, -0.1) is 10.2 Å². The summed E-state index contributed by atoms with van der Waals surface area (Å²) in [6.45, 7) is 0.229. The Hall–Kier alpha value is -4.32. The van der Waals surface area contributed by atoms with Gasteiger partial charge in [-0.2, -0.15) is 5.11 Å². The predicted molar refractivity (Wildman–Crippen MR) is 174 cm³/mol. The van der Waals surface area contributed by atoms with E-state index in [2.05, 4.69) is 37.0 Å². The number of nitrogens with one attached hydrogen (secondary N) is 2. The van der Waals surface area contributed by atoms with Gasteiger partial charge in [0, 0.05) is 23.3 Å². The van der Waals surface area contributed by atoms with Crippen molar-refractivity contribution in [1.82, 2.24) is 10.3 Å². The summed E-state index contributed by atoms with van der Waals surface area (Å²) < 4.78 is 0.732. The van der Waals surface area contributed by atoms with Crippen LogP contribution in [0, 0.1) is 0 Å². The van der Waals surface area contributed by atoms with Crippen LogP contribution in [0.3, 0.4) is 0 Å². The summed E-state index contributed by atoms with van der Waals surface area (Å²) in [4.78, 5) is 32.4. The minimum atomic E-state index is -0.444. The first-order chi connectivity index (χ1) is 20.8. The van der Waals surface area contributed by atoms with Gasteiger partial charge in [-0.05, 0) is 78.8 Å². The number of rotatable bonds is 6. The van der Waals surface area contributed by atoms with Crippen molar-refractivity contribution in [2.24, 2.45) is 21.2 Å². The van der Waals surface area contributed by atoms with E-state index < -0.39 is 5.91 Å². The predicted octanol–water partition coefficient (Wildman–Crippen LogP) is 7.84. The molecule has 4 N–H and O–H groups in total. The highest BCUT2D eigenvalue weighted by Gasteiger charge is 2.20. The molecule has 5 rings (SSSR count). The molecule has 0 atom stereocenters. The van der Waals surface area contributed by atoms with Gasteiger partial charge in [0.25, 0.3) is 11.9 Å². The molecule has 1 aliphatic carbocycles. The van der Waals surface area contributed by atoms with Crippen molar-refractivity contribution < 1.29 is 9.59 Å². The fourth-order valence-electron chi connectivity index (χ4n) is 4.70. The smallest absolute Gasteiger partial charge is 0.320 e. The number of guanidine groups is 1. The van der Waals surface area contributed by atoms with Gasteiger partial charge >= 0.3 is 6.03 Å². The maximum absolute atomic E-state index is 13.7. The van der Waals surface area contributed by atoms with Gasteiger partial charge < -0.3 is 5.84 Å². The van der Waals surface area contributed by atoms with E-state index in [1.54, 1.807) is 41.3 Å². The van der Waals surface area contributed by atoms with Crippen LogP contribution in [0.4, 0.5) is 15.6 Å². The van der Waals surface area contributed by atoms with E-state index in [9.17, 15) is 9.59 Å². The number of hydrazone groups is 1. The molecule has 3 amide bonds. The third kappa shape index (κ3) is 7.37. The number of amides is 3. The lowest BCUT2D eigenvalue weighted by Gasteiger charge is -2.23. The number of urea groups is 1. The van der Waals surface area contributed by atoms with E-state index >= 15 is 0 Å². The Balaban J connectivity index is 1.39. The van der Waals surface area contributed by atoms with Gasteiger partial charge in [-0.1, -0.05) is 64.9 Å². The Bertz CT molecular complexity index is 1730. The average Bonchev–Trinajstić information content (AvgIpc) is 3.43. The molecule has 1 aromatic heterocycles. The number of thiazole rings is 1. The number of carbonyl (C=O) groups excluding carboxylic acids is 2. The van der Waals surface area contributed by atoms with Crippen molar-refractivity contribution in [3.8, 4) is 0 Å². The summed E-state index contributed by atoms with van der Waals surface area (Å²) >= 11 is 13.8. The molecule has 4 aromatic rings. The molecule has 0 radical (unpaired) electrons. The van der Waals surface area contributed by atoms with Crippen LogP contribution in [0.1, 0.15) is 47.2 Å². The summed E-state index contributed by atoms with van der Waals surface area (Å²) in [5, 5.41) is 17.4. The molecule has 220 valence electrons. The Morgan fingerprint density at radius 2 is 1.84 bits per heavy atom. The number of carbonyl (C=O) groups is 2. The molecular weight excluding hydrogens is 607 g/mol. The molecule has 43 heavy (non-hydrogen) atoms. The number of nitrogens with zero attached hydrogens (tertiary/aromatic N) is 5. The topological polar surface area (TPSA) is 137 Å². The highest BCUT2D eigenvalue weighted by atomic mass is 35.5. The van der Waals surface area contributed by atoms with Crippen molar-refractivity contribution >= 4 is 79.0 Å². The molecule has 0 fully saturated rings. The number of anilines is 2. The molecule has 3 aromatic carbocycles. The molecule has 0 saturated carbocycles. The summed E-state index contributed by atoms with van der Waals surface area (Å²) in [6.07, 6.45) is 6.81. The molecular formula is C30H28Cl2N8O2S. The zero-order valence-electron chi connectivity index (χ0n) is 23.2. The Morgan fingerprint density at radius 3 is 2.51 bits per heavy atom. The number of fused-ring (bicyclic) bond motifs is 1. The first kappa shape index (κ1) is 30.1. The zero-order valence-corrected chi connectivity index (χ0v) is 25.5. The summed E-state index contributed by atoms with van der Waals surface area (Å²) in [5.41, 5.74) is 4.95. The number of hydrogen-bond donors (Lipinski definition) is 3. The van der Waals surface area contributed by atoms with Crippen LogP contribution in [0.15, 0.2) is 82.1 Å². The van der Waals surface area contributed by atoms with Gasteiger partial charge in [0.05, 0.1) is 21.8 Å². The quantitative estimate of drug-likeness (QED) is 0.0653. The fraction of sp³-hybridized carbons (Fsp3) is 0.200. The van der Waals surface area contributed by atoms with Gasteiger partial charge in [-0.3, -0.25) is 20.3 Å². The number of azo groups is 1. The summed E-state index contributed by atoms with van der Waals surface area (Å²) in [7, 11) is 1.44.